The van der Waals surface area contributed by atoms with E-state index in [1.54, 1.807) is 7.11 Å². The molecule has 18 heavy (non-hydrogen) atoms. The van der Waals surface area contributed by atoms with E-state index in [9.17, 15) is 0 Å². The molecule has 0 atom stereocenters. The lowest BCUT2D eigenvalue weighted by atomic mass is 9.98. The lowest BCUT2D eigenvalue weighted by Gasteiger charge is -2.31. The van der Waals surface area contributed by atoms with Crippen molar-refractivity contribution in [2.45, 2.75) is 26.3 Å². The summed E-state index contributed by atoms with van der Waals surface area (Å²) >= 11 is 1.45. The molecular weight excluding hydrogens is 248 g/mol. The fourth-order valence-electron chi connectivity index (χ4n) is 2.37. The number of anilines is 1. The van der Waals surface area contributed by atoms with Crippen LogP contribution in [0.2, 0.25) is 0 Å². The Bertz CT molecular complexity index is 350. The van der Waals surface area contributed by atoms with E-state index in [-0.39, 0.29) is 0 Å². The molecule has 1 aromatic rings. The summed E-state index contributed by atoms with van der Waals surface area (Å²) in [6.07, 6.45) is 2.45. The fourth-order valence-corrected chi connectivity index (χ4v) is 3.01. The smallest absolute Gasteiger partial charge is 0.134 e. The van der Waals surface area contributed by atoms with Gasteiger partial charge in [-0.3, -0.25) is 4.90 Å². The van der Waals surface area contributed by atoms with Gasteiger partial charge in [0.2, 0.25) is 0 Å². The monoisotopic (exact) mass is 270 g/mol. The molecule has 1 fully saturated rings. The first-order chi connectivity index (χ1) is 8.83. The second-order valence-corrected chi connectivity index (χ2v) is 5.51. The van der Waals surface area contributed by atoms with Crippen LogP contribution in [0.5, 0.6) is 0 Å². The van der Waals surface area contributed by atoms with Crippen molar-refractivity contribution in [1.82, 2.24) is 14.5 Å². The molecule has 1 aliphatic rings. The second kappa shape index (κ2) is 7.01. The maximum absolute atomic E-state index is 5.22. The van der Waals surface area contributed by atoms with Gasteiger partial charge in [-0.2, -0.15) is 0 Å². The number of hydrogen-bond acceptors (Lipinski definition) is 6. The summed E-state index contributed by atoms with van der Waals surface area (Å²) in [6.45, 7) is 7.11. The van der Waals surface area contributed by atoms with Crippen molar-refractivity contribution >= 4 is 16.5 Å². The van der Waals surface area contributed by atoms with E-state index in [1.807, 2.05) is 0 Å². The third kappa shape index (κ3) is 3.63. The highest BCUT2D eigenvalue weighted by molar-refractivity contribution is 7.10. The van der Waals surface area contributed by atoms with Crippen molar-refractivity contribution in [3.8, 4) is 0 Å². The number of rotatable bonds is 6. The van der Waals surface area contributed by atoms with Crippen LogP contribution in [0.25, 0.3) is 0 Å². The van der Waals surface area contributed by atoms with Gasteiger partial charge in [0.25, 0.3) is 0 Å². The molecule has 1 aliphatic heterocycles. The predicted octanol–water partition coefficient (Wildman–Crippen LogP) is 1.83. The minimum absolute atomic E-state index is 0.730. The maximum Gasteiger partial charge on any atom is 0.134 e. The van der Waals surface area contributed by atoms with Crippen LogP contribution in [0, 0.1) is 5.92 Å². The van der Waals surface area contributed by atoms with Gasteiger partial charge in [-0.25, -0.2) is 0 Å². The summed E-state index contributed by atoms with van der Waals surface area (Å²) < 4.78 is 9.26. The van der Waals surface area contributed by atoms with Crippen LogP contribution >= 0.6 is 11.5 Å². The first kappa shape index (κ1) is 13.7. The van der Waals surface area contributed by atoms with Crippen molar-refractivity contribution in [3.05, 3.63) is 5.69 Å². The average molecular weight is 270 g/mol. The summed E-state index contributed by atoms with van der Waals surface area (Å²) in [5, 5.41) is 8.67. The van der Waals surface area contributed by atoms with E-state index in [0.29, 0.717) is 0 Å². The number of likely N-dealkylation sites (tertiary alicyclic amines) is 1. The van der Waals surface area contributed by atoms with Crippen molar-refractivity contribution in [2.24, 2.45) is 5.92 Å². The van der Waals surface area contributed by atoms with E-state index in [2.05, 4.69) is 26.7 Å². The van der Waals surface area contributed by atoms with Crippen LogP contribution in [0.1, 0.15) is 25.5 Å². The van der Waals surface area contributed by atoms with Gasteiger partial charge < -0.3 is 10.1 Å². The lowest BCUT2D eigenvalue weighted by molar-refractivity contribution is 0.0964. The number of ether oxygens (including phenoxy) is 1. The van der Waals surface area contributed by atoms with Gasteiger partial charge in [-0.05, 0) is 38.8 Å². The van der Waals surface area contributed by atoms with Crippen molar-refractivity contribution in [2.75, 3.05) is 38.7 Å². The Labute approximate surface area is 113 Å². The minimum atomic E-state index is 0.730. The molecule has 0 bridgehead atoms. The normalized spacial score (nSPS) is 18.1. The van der Waals surface area contributed by atoms with Crippen LogP contribution < -0.4 is 5.32 Å². The maximum atomic E-state index is 5.22. The fraction of sp³-hybridized carbons (Fsp3) is 0.833. The zero-order valence-corrected chi connectivity index (χ0v) is 12.0. The van der Waals surface area contributed by atoms with Gasteiger partial charge in [-0.1, -0.05) is 4.49 Å². The highest BCUT2D eigenvalue weighted by atomic mass is 32.1. The molecule has 2 heterocycles. The van der Waals surface area contributed by atoms with Crippen LogP contribution in [-0.2, 0) is 11.3 Å². The van der Waals surface area contributed by atoms with E-state index in [1.165, 1.54) is 24.4 Å². The van der Waals surface area contributed by atoms with Crippen molar-refractivity contribution in [3.63, 3.8) is 0 Å². The molecule has 0 saturated carbocycles. The van der Waals surface area contributed by atoms with Gasteiger partial charge in [0.1, 0.15) is 10.7 Å². The topological polar surface area (TPSA) is 50.3 Å². The molecular formula is C12H22N4OS. The molecule has 1 N–H and O–H groups in total. The first-order valence-electron chi connectivity index (χ1n) is 6.59. The molecule has 0 spiro atoms. The van der Waals surface area contributed by atoms with Gasteiger partial charge in [0.15, 0.2) is 0 Å². The molecule has 2 rings (SSSR count). The number of aromatic nitrogens is 2. The second-order valence-electron chi connectivity index (χ2n) is 4.75. The van der Waals surface area contributed by atoms with Crippen LogP contribution in [-0.4, -0.2) is 47.8 Å². The number of methoxy groups -OCH3 is 1. The Kier molecular flexibility index (Phi) is 5.34. The Morgan fingerprint density at radius 2 is 2.22 bits per heavy atom. The molecule has 1 saturated heterocycles. The third-order valence-corrected chi connectivity index (χ3v) is 4.10. The average Bonchev–Trinajstić information content (AvgIpc) is 2.80. The standard InChI is InChI=1S/C12H22N4OS/c1-3-13-12-11(14-15-18-12)8-16-6-4-10(5-7-16)9-17-2/h10,13H,3-9H2,1-2H3. The molecule has 0 amide bonds. The summed E-state index contributed by atoms with van der Waals surface area (Å²) in [5.41, 5.74) is 1.09. The zero-order valence-electron chi connectivity index (χ0n) is 11.2. The molecule has 1 aromatic heterocycles. The number of piperidine rings is 1. The number of nitrogens with zero attached hydrogens (tertiary/aromatic N) is 3. The summed E-state index contributed by atoms with van der Waals surface area (Å²) in [4.78, 5) is 2.46. The van der Waals surface area contributed by atoms with Crippen molar-refractivity contribution < 1.29 is 4.74 Å². The van der Waals surface area contributed by atoms with Gasteiger partial charge in [0, 0.05) is 38.3 Å². The Morgan fingerprint density at radius 1 is 1.44 bits per heavy atom. The Hall–Kier alpha value is -0.720. The molecule has 6 heteroatoms. The van der Waals surface area contributed by atoms with E-state index < -0.39 is 0 Å². The largest absolute Gasteiger partial charge is 0.384 e. The first-order valence-corrected chi connectivity index (χ1v) is 7.37. The minimum Gasteiger partial charge on any atom is -0.384 e. The van der Waals surface area contributed by atoms with Crippen LogP contribution in [0.3, 0.4) is 0 Å². The highest BCUT2D eigenvalue weighted by Gasteiger charge is 2.20. The van der Waals surface area contributed by atoms with Crippen LogP contribution in [0.4, 0.5) is 5.00 Å². The van der Waals surface area contributed by atoms with E-state index in [0.717, 1.165) is 49.4 Å². The molecule has 0 aliphatic carbocycles. The third-order valence-electron chi connectivity index (χ3n) is 3.38. The lowest BCUT2D eigenvalue weighted by Crippen LogP contribution is -2.34. The number of nitrogens with one attached hydrogen (secondary N) is 1. The molecule has 0 aromatic carbocycles. The SMILES string of the molecule is CCNc1snnc1CN1CCC(COC)CC1. The van der Waals surface area contributed by atoms with Gasteiger partial charge in [0.05, 0.1) is 0 Å². The Morgan fingerprint density at radius 3 is 2.89 bits per heavy atom. The summed E-state index contributed by atoms with van der Waals surface area (Å²) in [7, 11) is 1.79. The Balaban J connectivity index is 1.82. The molecule has 5 nitrogen and oxygen atoms in total. The van der Waals surface area contributed by atoms with E-state index >= 15 is 0 Å². The highest BCUT2D eigenvalue weighted by Crippen LogP contribution is 2.23. The predicted molar refractivity (Wildman–Crippen MR) is 73.9 cm³/mol. The number of hydrogen-bond donors (Lipinski definition) is 1. The quantitative estimate of drug-likeness (QED) is 0.854. The summed E-state index contributed by atoms with van der Waals surface area (Å²) in [5.74, 6) is 0.730. The zero-order chi connectivity index (χ0) is 12.8. The molecule has 0 unspecified atom stereocenters. The molecule has 0 radical (unpaired) electrons. The van der Waals surface area contributed by atoms with Crippen molar-refractivity contribution in [1.29, 1.82) is 0 Å². The van der Waals surface area contributed by atoms with Crippen LogP contribution in [0.15, 0.2) is 0 Å². The summed E-state index contributed by atoms with van der Waals surface area (Å²) in [6, 6.07) is 0. The van der Waals surface area contributed by atoms with Gasteiger partial charge >= 0.3 is 0 Å². The molecule has 102 valence electrons. The van der Waals surface area contributed by atoms with E-state index in [4.69, 9.17) is 4.74 Å². The van der Waals surface area contributed by atoms with Gasteiger partial charge in [-0.15, -0.1) is 5.10 Å².